The summed E-state index contributed by atoms with van der Waals surface area (Å²) in [5.41, 5.74) is 2.41. The highest BCUT2D eigenvalue weighted by Gasteiger charge is 2.23. The van der Waals surface area contributed by atoms with Crippen molar-refractivity contribution in [2.45, 2.75) is 38.4 Å². The van der Waals surface area contributed by atoms with Gasteiger partial charge in [0.25, 0.3) is 0 Å². The molecule has 0 heterocycles. The Balaban J connectivity index is 1.93. The maximum atomic E-state index is 6.21. The Morgan fingerprint density at radius 2 is 1.52 bits per heavy atom. The molecule has 1 unspecified atom stereocenters. The molecule has 1 heteroatoms. The van der Waals surface area contributed by atoms with E-state index in [-0.39, 0.29) is 5.60 Å². The fourth-order valence-corrected chi connectivity index (χ4v) is 2.42. The molecule has 0 amide bonds. The molecule has 0 saturated carbocycles. The Kier molecular flexibility index (Phi) is 5.77. The van der Waals surface area contributed by atoms with E-state index in [0.717, 1.165) is 19.3 Å². The molecule has 1 atom stereocenters. The van der Waals surface area contributed by atoms with Crippen molar-refractivity contribution in [2.24, 2.45) is 0 Å². The van der Waals surface area contributed by atoms with Gasteiger partial charge in [0, 0.05) is 0 Å². The minimum atomic E-state index is -0.159. The first-order chi connectivity index (χ1) is 10.2. The average molecular weight is 280 g/mol. The van der Waals surface area contributed by atoms with Gasteiger partial charge in [0.2, 0.25) is 0 Å². The third-order valence-corrected chi connectivity index (χ3v) is 3.79. The Bertz CT molecular complexity index is 487. The molecular formula is C20H24O. The molecule has 0 radical (unpaired) electrons. The maximum absolute atomic E-state index is 6.21. The number of rotatable bonds is 8. The molecular weight excluding hydrogens is 256 g/mol. The van der Waals surface area contributed by atoms with Crippen LogP contribution in [0.1, 0.15) is 30.9 Å². The molecule has 21 heavy (non-hydrogen) atoms. The van der Waals surface area contributed by atoms with E-state index >= 15 is 0 Å². The van der Waals surface area contributed by atoms with Gasteiger partial charge in [-0.05, 0) is 37.3 Å². The fraction of sp³-hybridized carbons (Fsp3) is 0.300. The van der Waals surface area contributed by atoms with Crippen LogP contribution in [-0.4, -0.2) is 5.60 Å². The molecule has 2 aromatic rings. The molecule has 0 aliphatic rings. The largest absolute Gasteiger partial charge is 0.370 e. The molecule has 1 nitrogen and oxygen atoms in total. The molecule has 2 aromatic carbocycles. The van der Waals surface area contributed by atoms with Crippen molar-refractivity contribution in [1.82, 2.24) is 0 Å². The minimum absolute atomic E-state index is 0.159. The molecule has 0 saturated heterocycles. The van der Waals surface area contributed by atoms with Gasteiger partial charge in [0.1, 0.15) is 0 Å². The Labute approximate surface area is 128 Å². The van der Waals surface area contributed by atoms with Crippen LogP contribution in [0, 0.1) is 0 Å². The standard InChI is InChI=1S/C20H24O/c1-3-15-20(2,16-14-18-10-6-4-7-11-18)21-17-19-12-8-5-9-13-19/h3-13H,1,14-17H2,2H3. The van der Waals surface area contributed by atoms with Crippen molar-refractivity contribution in [3.8, 4) is 0 Å². The summed E-state index contributed by atoms with van der Waals surface area (Å²) in [5, 5.41) is 0. The van der Waals surface area contributed by atoms with Gasteiger partial charge in [-0.15, -0.1) is 6.58 Å². The van der Waals surface area contributed by atoms with Gasteiger partial charge in [-0.25, -0.2) is 0 Å². The van der Waals surface area contributed by atoms with Gasteiger partial charge in [-0.2, -0.15) is 0 Å². The first kappa shape index (κ1) is 15.5. The molecule has 0 aliphatic carbocycles. The van der Waals surface area contributed by atoms with E-state index in [1.165, 1.54) is 11.1 Å². The second kappa shape index (κ2) is 7.80. The third kappa shape index (κ3) is 5.20. The van der Waals surface area contributed by atoms with Crippen molar-refractivity contribution in [1.29, 1.82) is 0 Å². The summed E-state index contributed by atoms with van der Waals surface area (Å²) in [6, 6.07) is 20.9. The lowest BCUT2D eigenvalue weighted by Crippen LogP contribution is -2.28. The molecule has 110 valence electrons. The van der Waals surface area contributed by atoms with E-state index in [2.05, 4.69) is 56.0 Å². The number of aryl methyl sites for hydroxylation is 1. The topological polar surface area (TPSA) is 9.23 Å². The smallest absolute Gasteiger partial charge is 0.0724 e. The Morgan fingerprint density at radius 1 is 0.952 bits per heavy atom. The molecule has 0 N–H and O–H groups in total. The second-order valence-corrected chi connectivity index (χ2v) is 5.70. The summed E-state index contributed by atoms with van der Waals surface area (Å²) in [7, 11) is 0. The molecule has 0 aromatic heterocycles. The molecule has 2 rings (SSSR count). The van der Waals surface area contributed by atoms with Crippen molar-refractivity contribution >= 4 is 0 Å². The first-order valence-corrected chi connectivity index (χ1v) is 7.54. The third-order valence-electron chi connectivity index (χ3n) is 3.79. The van der Waals surface area contributed by atoms with Gasteiger partial charge in [0.15, 0.2) is 0 Å². The maximum Gasteiger partial charge on any atom is 0.0724 e. The van der Waals surface area contributed by atoms with Crippen LogP contribution in [0.5, 0.6) is 0 Å². The lowest BCUT2D eigenvalue weighted by Gasteiger charge is -2.29. The van der Waals surface area contributed by atoms with Gasteiger partial charge in [-0.1, -0.05) is 66.7 Å². The van der Waals surface area contributed by atoms with Crippen LogP contribution >= 0.6 is 0 Å². The normalized spacial score (nSPS) is 13.6. The number of benzene rings is 2. The highest BCUT2D eigenvalue weighted by atomic mass is 16.5. The zero-order valence-corrected chi connectivity index (χ0v) is 12.8. The van der Waals surface area contributed by atoms with Crippen LogP contribution in [0.25, 0.3) is 0 Å². The van der Waals surface area contributed by atoms with Crippen LogP contribution < -0.4 is 0 Å². The molecule has 0 aliphatic heterocycles. The highest BCUT2D eigenvalue weighted by molar-refractivity contribution is 5.16. The van der Waals surface area contributed by atoms with E-state index < -0.39 is 0 Å². The average Bonchev–Trinajstić information content (AvgIpc) is 2.54. The van der Waals surface area contributed by atoms with Crippen molar-refractivity contribution in [3.63, 3.8) is 0 Å². The predicted molar refractivity (Wildman–Crippen MR) is 89.2 cm³/mol. The van der Waals surface area contributed by atoms with Crippen LogP contribution in [0.3, 0.4) is 0 Å². The van der Waals surface area contributed by atoms with Crippen molar-refractivity contribution < 1.29 is 4.74 Å². The summed E-state index contributed by atoms with van der Waals surface area (Å²) in [4.78, 5) is 0. The minimum Gasteiger partial charge on any atom is -0.370 e. The van der Waals surface area contributed by atoms with Gasteiger partial charge in [0.05, 0.1) is 12.2 Å². The van der Waals surface area contributed by atoms with E-state index in [1.54, 1.807) is 0 Å². The Hall–Kier alpha value is -1.86. The van der Waals surface area contributed by atoms with Crippen LogP contribution in [0.2, 0.25) is 0 Å². The fourth-order valence-electron chi connectivity index (χ4n) is 2.42. The van der Waals surface area contributed by atoms with Crippen molar-refractivity contribution in [2.75, 3.05) is 0 Å². The van der Waals surface area contributed by atoms with Crippen LogP contribution in [-0.2, 0) is 17.8 Å². The quantitative estimate of drug-likeness (QED) is 0.606. The predicted octanol–water partition coefficient (Wildman–Crippen LogP) is 5.17. The summed E-state index contributed by atoms with van der Waals surface area (Å²) < 4.78 is 6.21. The summed E-state index contributed by atoms with van der Waals surface area (Å²) in [6.45, 7) is 6.71. The molecule has 0 bridgehead atoms. The van der Waals surface area contributed by atoms with Gasteiger partial charge in [-0.3, -0.25) is 0 Å². The van der Waals surface area contributed by atoms with E-state index in [1.807, 2.05) is 24.3 Å². The van der Waals surface area contributed by atoms with Crippen LogP contribution in [0.4, 0.5) is 0 Å². The summed E-state index contributed by atoms with van der Waals surface area (Å²) in [6.07, 6.45) is 4.85. The number of hydrogen-bond acceptors (Lipinski definition) is 1. The second-order valence-electron chi connectivity index (χ2n) is 5.70. The van der Waals surface area contributed by atoms with E-state index in [0.29, 0.717) is 6.61 Å². The molecule has 0 fully saturated rings. The number of ether oxygens (including phenoxy) is 1. The zero-order valence-electron chi connectivity index (χ0n) is 12.8. The lowest BCUT2D eigenvalue weighted by atomic mass is 9.93. The monoisotopic (exact) mass is 280 g/mol. The van der Waals surface area contributed by atoms with E-state index in [9.17, 15) is 0 Å². The summed E-state index contributed by atoms with van der Waals surface area (Å²) in [5.74, 6) is 0. The first-order valence-electron chi connectivity index (χ1n) is 7.54. The van der Waals surface area contributed by atoms with Crippen molar-refractivity contribution in [3.05, 3.63) is 84.4 Å². The van der Waals surface area contributed by atoms with Crippen LogP contribution in [0.15, 0.2) is 73.3 Å². The molecule has 0 spiro atoms. The highest BCUT2D eigenvalue weighted by Crippen LogP contribution is 2.24. The summed E-state index contributed by atoms with van der Waals surface area (Å²) >= 11 is 0. The lowest BCUT2D eigenvalue weighted by molar-refractivity contribution is -0.0465. The van der Waals surface area contributed by atoms with E-state index in [4.69, 9.17) is 4.74 Å². The number of hydrogen-bond donors (Lipinski definition) is 0. The van der Waals surface area contributed by atoms with Gasteiger partial charge >= 0.3 is 0 Å². The Morgan fingerprint density at radius 3 is 2.10 bits per heavy atom. The SMILES string of the molecule is C=CCC(C)(CCc1ccccc1)OCc1ccccc1. The van der Waals surface area contributed by atoms with Gasteiger partial charge < -0.3 is 4.74 Å². The zero-order chi connectivity index (χ0) is 15.0.